The van der Waals surface area contributed by atoms with Crippen LogP contribution in [0.4, 0.5) is 6.01 Å². The molecule has 0 spiro atoms. The average molecular weight is 242 g/mol. The number of carbonyl (C=O) groups is 1. The molecular formula is C14H14N2O2. The molecule has 4 heteroatoms. The van der Waals surface area contributed by atoms with Gasteiger partial charge in [-0.25, -0.2) is 0 Å². The zero-order chi connectivity index (χ0) is 12.1. The maximum Gasteiger partial charge on any atom is 0.298 e. The number of hydrogen-bond donors (Lipinski definition) is 0. The van der Waals surface area contributed by atoms with E-state index in [1.165, 1.54) is 0 Å². The number of fused-ring (bicyclic) bond motifs is 3. The van der Waals surface area contributed by atoms with E-state index in [4.69, 9.17) is 4.42 Å². The van der Waals surface area contributed by atoms with Crippen molar-refractivity contribution in [2.45, 2.75) is 37.8 Å². The molecule has 4 nitrogen and oxygen atoms in total. The van der Waals surface area contributed by atoms with Gasteiger partial charge in [-0.05, 0) is 25.0 Å². The average Bonchev–Trinajstić information content (AvgIpc) is 2.88. The Hall–Kier alpha value is -1.84. The van der Waals surface area contributed by atoms with E-state index in [1.54, 1.807) is 0 Å². The lowest BCUT2D eigenvalue weighted by Crippen LogP contribution is -2.43. The minimum absolute atomic E-state index is 0.296. The second-order valence-electron chi connectivity index (χ2n) is 5.20. The number of oxazole rings is 1. The first-order chi connectivity index (χ1) is 8.81. The topological polar surface area (TPSA) is 46.3 Å². The van der Waals surface area contributed by atoms with Crippen molar-refractivity contribution >= 4 is 22.9 Å². The van der Waals surface area contributed by atoms with Crippen molar-refractivity contribution in [1.29, 1.82) is 0 Å². The Morgan fingerprint density at radius 3 is 2.61 bits per heavy atom. The van der Waals surface area contributed by atoms with Crippen molar-refractivity contribution in [2.24, 2.45) is 0 Å². The Kier molecular flexibility index (Phi) is 2.01. The van der Waals surface area contributed by atoms with Crippen molar-refractivity contribution in [2.75, 3.05) is 4.90 Å². The molecule has 3 heterocycles. The molecule has 2 fully saturated rings. The molecule has 0 radical (unpaired) electrons. The molecule has 2 aromatic rings. The summed E-state index contributed by atoms with van der Waals surface area (Å²) in [6, 6.07) is 9.08. The van der Waals surface area contributed by atoms with Crippen molar-refractivity contribution in [1.82, 2.24) is 4.98 Å². The standard InChI is InChI=1S/C14H14N2O2/c17-11-7-9-5-6-10(8-11)16(9)14-15-12-3-1-2-4-13(12)18-14/h1-4,9-10H,5-8H2/t9-,10+. The van der Waals surface area contributed by atoms with Gasteiger partial charge in [-0.2, -0.15) is 4.98 Å². The Morgan fingerprint density at radius 1 is 1.17 bits per heavy atom. The summed E-state index contributed by atoms with van der Waals surface area (Å²) in [4.78, 5) is 18.4. The molecule has 18 heavy (non-hydrogen) atoms. The molecule has 2 bridgehead atoms. The van der Waals surface area contributed by atoms with Gasteiger partial charge in [0.1, 0.15) is 11.3 Å². The molecule has 92 valence electrons. The number of anilines is 1. The predicted octanol–water partition coefficient (Wildman–Crippen LogP) is 2.53. The molecule has 0 aliphatic carbocycles. The highest BCUT2D eigenvalue weighted by atomic mass is 16.4. The summed E-state index contributed by atoms with van der Waals surface area (Å²) in [7, 11) is 0. The lowest BCUT2D eigenvalue weighted by atomic mass is 10.0. The van der Waals surface area contributed by atoms with Gasteiger partial charge in [-0.1, -0.05) is 12.1 Å². The number of hydrogen-bond acceptors (Lipinski definition) is 4. The van der Waals surface area contributed by atoms with E-state index in [2.05, 4.69) is 9.88 Å². The second-order valence-corrected chi connectivity index (χ2v) is 5.20. The van der Waals surface area contributed by atoms with Crippen LogP contribution in [0.15, 0.2) is 28.7 Å². The maximum absolute atomic E-state index is 11.6. The van der Waals surface area contributed by atoms with Crippen LogP contribution in [0.2, 0.25) is 0 Å². The van der Waals surface area contributed by atoms with Crippen LogP contribution in [-0.2, 0) is 4.79 Å². The summed E-state index contributed by atoms with van der Waals surface area (Å²) in [5.74, 6) is 0.384. The fraction of sp³-hybridized carbons (Fsp3) is 0.429. The van der Waals surface area contributed by atoms with E-state index < -0.39 is 0 Å². The summed E-state index contributed by atoms with van der Waals surface area (Å²) >= 11 is 0. The van der Waals surface area contributed by atoms with Gasteiger partial charge in [0.15, 0.2) is 5.58 Å². The van der Waals surface area contributed by atoms with Crippen LogP contribution < -0.4 is 4.90 Å². The molecule has 1 aromatic heterocycles. The van der Waals surface area contributed by atoms with Gasteiger partial charge in [0.05, 0.1) is 0 Å². The van der Waals surface area contributed by atoms with Gasteiger partial charge < -0.3 is 9.32 Å². The molecular weight excluding hydrogens is 228 g/mol. The molecule has 2 aliphatic heterocycles. The SMILES string of the molecule is O=C1C[C@H]2CC[C@@H](C1)N2c1nc2ccccc2o1. The van der Waals surface area contributed by atoms with Gasteiger partial charge in [-0.15, -0.1) is 0 Å². The quantitative estimate of drug-likeness (QED) is 0.771. The highest BCUT2D eigenvalue weighted by Crippen LogP contribution is 2.38. The molecule has 4 rings (SSSR count). The van der Waals surface area contributed by atoms with Crippen LogP contribution >= 0.6 is 0 Å². The van der Waals surface area contributed by atoms with Crippen LogP contribution in [0.3, 0.4) is 0 Å². The molecule has 2 atom stereocenters. The van der Waals surface area contributed by atoms with Crippen LogP contribution in [-0.4, -0.2) is 22.9 Å². The number of ketones is 1. The zero-order valence-corrected chi connectivity index (χ0v) is 10.0. The third kappa shape index (κ3) is 1.38. The zero-order valence-electron chi connectivity index (χ0n) is 10.0. The summed E-state index contributed by atoms with van der Waals surface area (Å²) in [5, 5.41) is 0. The van der Waals surface area contributed by atoms with Crippen molar-refractivity contribution < 1.29 is 9.21 Å². The fourth-order valence-corrected chi connectivity index (χ4v) is 3.25. The molecule has 0 unspecified atom stereocenters. The molecule has 2 aliphatic rings. The maximum atomic E-state index is 11.6. The van der Waals surface area contributed by atoms with Crippen molar-refractivity contribution in [3.8, 4) is 0 Å². The van der Waals surface area contributed by atoms with E-state index in [0.29, 0.717) is 36.7 Å². The number of Topliss-reactive ketones (excluding diaryl/α,β-unsaturated/α-hetero) is 1. The molecule has 2 saturated heterocycles. The predicted molar refractivity (Wildman–Crippen MR) is 67.5 cm³/mol. The van der Waals surface area contributed by atoms with Crippen molar-refractivity contribution in [3.05, 3.63) is 24.3 Å². The van der Waals surface area contributed by atoms with Crippen LogP contribution in [0.5, 0.6) is 0 Å². The second kappa shape index (κ2) is 3.57. The first kappa shape index (κ1) is 10.1. The molecule has 0 saturated carbocycles. The lowest BCUT2D eigenvalue weighted by molar-refractivity contribution is -0.120. The third-order valence-electron chi connectivity index (χ3n) is 4.05. The minimum Gasteiger partial charge on any atom is -0.423 e. The Balaban J connectivity index is 1.77. The fourth-order valence-electron chi connectivity index (χ4n) is 3.25. The van der Waals surface area contributed by atoms with Crippen LogP contribution in [0.1, 0.15) is 25.7 Å². The number of aromatic nitrogens is 1. The van der Waals surface area contributed by atoms with Crippen LogP contribution in [0, 0.1) is 0 Å². The van der Waals surface area contributed by atoms with E-state index in [9.17, 15) is 4.79 Å². The molecule has 0 amide bonds. The summed E-state index contributed by atoms with van der Waals surface area (Å²) in [6.07, 6.45) is 3.45. The van der Waals surface area contributed by atoms with Gasteiger partial charge in [-0.3, -0.25) is 4.79 Å². The number of carbonyl (C=O) groups excluding carboxylic acids is 1. The normalized spacial score (nSPS) is 27.1. The number of para-hydroxylation sites is 2. The van der Waals surface area contributed by atoms with Crippen molar-refractivity contribution in [3.63, 3.8) is 0 Å². The number of rotatable bonds is 1. The van der Waals surface area contributed by atoms with E-state index in [0.717, 1.165) is 23.9 Å². The van der Waals surface area contributed by atoms with Crippen LogP contribution in [0.25, 0.3) is 11.1 Å². The molecule has 1 aromatic carbocycles. The van der Waals surface area contributed by atoms with Gasteiger partial charge >= 0.3 is 0 Å². The van der Waals surface area contributed by atoms with E-state index in [-0.39, 0.29) is 0 Å². The highest BCUT2D eigenvalue weighted by Gasteiger charge is 2.42. The van der Waals surface area contributed by atoms with E-state index in [1.807, 2.05) is 24.3 Å². The van der Waals surface area contributed by atoms with Gasteiger partial charge in [0.2, 0.25) is 0 Å². The first-order valence-electron chi connectivity index (χ1n) is 6.47. The minimum atomic E-state index is 0.296. The van der Waals surface area contributed by atoms with Gasteiger partial charge in [0, 0.05) is 24.9 Å². The molecule has 0 N–H and O–H groups in total. The van der Waals surface area contributed by atoms with E-state index >= 15 is 0 Å². The summed E-state index contributed by atoms with van der Waals surface area (Å²) in [6.45, 7) is 0. The largest absolute Gasteiger partial charge is 0.423 e. The Morgan fingerprint density at radius 2 is 1.89 bits per heavy atom. The third-order valence-corrected chi connectivity index (χ3v) is 4.05. The number of benzene rings is 1. The lowest BCUT2D eigenvalue weighted by Gasteiger charge is -2.32. The Bertz CT molecular complexity index is 570. The first-order valence-corrected chi connectivity index (χ1v) is 6.47. The Labute approximate surface area is 105 Å². The monoisotopic (exact) mass is 242 g/mol. The highest BCUT2D eigenvalue weighted by molar-refractivity contribution is 5.83. The summed E-state index contributed by atoms with van der Waals surface area (Å²) < 4.78 is 5.83. The number of piperidine rings is 1. The smallest absolute Gasteiger partial charge is 0.298 e. The number of nitrogens with zero attached hydrogens (tertiary/aromatic N) is 2. The van der Waals surface area contributed by atoms with Gasteiger partial charge in [0.25, 0.3) is 6.01 Å². The summed E-state index contributed by atoms with van der Waals surface area (Å²) in [5.41, 5.74) is 1.72.